The van der Waals surface area contributed by atoms with E-state index in [1.54, 1.807) is 0 Å². The van der Waals surface area contributed by atoms with Gasteiger partial charge in [-0.05, 0) is 190 Å². The number of nitrogens with zero attached hydrogens (tertiary/aromatic N) is 2. The Hall–Kier alpha value is -5.40. The van der Waals surface area contributed by atoms with Gasteiger partial charge in [0.1, 0.15) is 0 Å². The molecule has 0 amide bonds. The Bertz CT molecular complexity index is 2170. The van der Waals surface area contributed by atoms with E-state index in [0.717, 1.165) is 166 Å². The van der Waals surface area contributed by atoms with Gasteiger partial charge in [0, 0.05) is 60.6 Å². The van der Waals surface area contributed by atoms with Crippen LogP contribution in [-0.4, -0.2) is 51.6 Å². The molecule has 0 spiro atoms. The summed E-state index contributed by atoms with van der Waals surface area (Å²) in [6.45, 7) is 29.2. The summed E-state index contributed by atoms with van der Waals surface area (Å²) in [5.74, 6) is 0. The molecule has 0 radical (unpaired) electrons. The lowest BCUT2D eigenvalue weighted by atomic mass is 10.0. The second-order valence-electron chi connectivity index (χ2n) is 19.3. The average Bonchev–Trinajstić information content (AvgIpc) is 3.78. The molecule has 456 valence electrons. The van der Waals surface area contributed by atoms with Gasteiger partial charge in [-0.1, -0.05) is 156 Å². The maximum atomic E-state index is 6.12. The third-order valence-electron chi connectivity index (χ3n) is 13.9. The molecule has 4 fully saturated rings. The van der Waals surface area contributed by atoms with Crippen LogP contribution in [0, 0.1) is 0 Å². The van der Waals surface area contributed by atoms with Gasteiger partial charge in [0.05, 0.1) is 26.4 Å². The molecular formula is C73H106N2O8. The lowest BCUT2D eigenvalue weighted by Gasteiger charge is -2.27. The van der Waals surface area contributed by atoms with Crippen molar-refractivity contribution < 1.29 is 37.9 Å². The van der Waals surface area contributed by atoms with E-state index in [9.17, 15) is 0 Å². The first-order valence-electron chi connectivity index (χ1n) is 32.2. The van der Waals surface area contributed by atoms with E-state index < -0.39 is 0 Å². The van der Waals surface area contributed by atoms with Crippen molar-refractivity contribution in [2.45, 2.75) is 218 Å². The second-order valence-corrected chi connectivity index (χ2v) is 19.3. The van der Waals surface area contributed by atoms with Gasteiger partial charge < -0.3 is 47.7 Å². The summed E-state index contributed by atoms with van der Waals surface area (Å²) in [6.07, 6.45) is 13.2. The van der Waals surface area contributed by atoms with E-state index in [-0.39, 0.29) is 25.2 Å². The molecule has 4 aliphatic heterocycles. The van der Waals surface area contributed by atoms with Crippen LogP contribution in [0.15, 0.2) is 146 Å². The Morgan fingerprint density at radius 2 is 0.446 bits per heavy atom. The second kappa shape index (κ2) is 42.4. The highest BCUT2D eigenvalue weighted by Gasteiger charge is 2.20. The van der Waals surface area contributed by atoms with Gasteiger partial charge in [-0.3, -0.25) is 0 Å². The summed E-state index contributed by atoms with van der Waals surface area (Å²) < 4.78 is 47.8. The van der Waals surface area contributed by atoms with Crippen LogP contribution in [0.4, 0.5) is 34.1 Å². The molecule has 4 aliphatic rings. The van der Waals surface area contributed by atoms with E-state index >= 15 is 0 Å². The molecule has 4 unspecified atom stereocenters. The molecule has 0 N–H and O–H groups in total. The maximum Gasteiger partial charge on any atom is 0.158 e. The smallest absolute Gasteiger partial charge is 0.158 e. The minimum Gasteiger partial charge on any atom is -0.353 e. The Kier molecular flexibility index (Phi) is 35.8. The molecule has 10 heteroatoms. The van der Waals surface area contributed by atoms with Crippen LogP contribution in [-0.2, 0) is 70.7 Å². The zero-order valence-corrected chi connectivity index (χ0v) is 53.2. The predicted molar refractivity (Wildman–Crippen MR) is 347 cm³/mol. The van der Waals surface area contributed by atoms with Gasteiger partial charge in [0.15, 0.2) is 25.2 Å². The number of hydrogen-bond acceptors (Lipinski definition) is 10. The van der Waals surface area contributed by atoms with Gasteiger partial charge in [0.2, 0.25) is 0 Å². The highest BCUT2D eigenvalue weighted by Crippen LogP contribution is 2.38. The largest absolute Gasteiger partial charge is 0.353 e. The molecule has 0 bridgehead atoms. The third-order valence-corrected chi connectivity index (χ3v) is 13.9. The van der Waals surface area contributed by atoms with Crippen LogP contribution < -0.4 is 9.80 Å². The zero-order chi connectivity index (χ0) is 59.9. The topological polar surface area (TPSA) is 80.3 Å². The molecule has 6 aromatic carbocycles. The van der Waals surface area contributed by atoms with E-state index in [1.807, 2.05) is 83.1 Å². The summed E-state index contributed by atoms with van der Waals surface area (Å²) in [4.78, 5) is 4.62. The highest BCUT2D eigenvalue weighted by atomic mass is 16.7. The first kappa shape index (κ1) is 70.1. The average molecular weight is 1140 g/mol. The first-order valence-corrected chi connectivity index (χ1v) is 32.2. The van der Waals surface area contributed by atoms with Crippen LogP contribution in [0.2, 0.25) is 0 Å². The standard InChI is InChI=1S/C61H70N2O8.6C2H6/c1-5-37-64-58(9-1)68-42-48-17-29-54(30-18-48)62(55-31-19-49(20-32-55)43-69-59-10-2-6-38-65-59)52-25-13-46(14-26-52)41-47-15-27-53(28-16-47)63(56-33-21-50(22-34-56)44-70-60-11-3-7-39-66-60)57-35-23-51(24-36-57)45-71-61-12-4-8-40-67-61;6*1-2/h13-36,58-61H,1-12,37-45H2;6*1-2H3. The summed E-state index contributed by atoms with van der Waals surface area (Å²) in [7, 11) is 0. The molecule has 0 aromatic heterocycles. The molecule has 4 atom stereocenters. The van der Waals surface area contributed by atoms with Crippen molar-refractivity contribution in [3.63, 3.8) is 0 Å². The fourth-order valence-corrected chi connectivity index (χ4v) is 9.75. The van der Waals surface area contributed by atoms with Crippen molar-refractivity contribution in [3.05, 3.63) is 179 Å². The van der Waals surface area contributed by atoms with Gasteiger partial charge in [0.25, 0.3) is 0 Å². The van der Waals surface area contributed by atoms with Crippen LogP contribution in [0.1, 0.15) is 194 Å². The van der Waals surface area contributed by atoms with Crippen LogP contribution in [0.3, 0.4) is 0 Å². The molecule has 4 heterocycles. The third kappa shape index (κ3) is 23.5. The number of rotatable bonds is 20. The summed E-state index contributed by atoms with van der Waals surface area (Å²) in [6, 6.07) is 52.7. The molecular weight excluding hydrogens is 1030 g/mol. The Labute approximate surface area is 503 Å². The van der Waals surface area contributed by atoms with Crippen LogP contribution in [0.5, 0.6) is 0 Å². The summed E-state index contributed by atoms with van der Waals surface area (Å²) >= 11 is 0. The minimum absolute atomic E-state index is 0.120. The SMILES string of the molecule is CC.CC.CC.CC.CC.CC.c1cc(N(c2ccc(COC3CCCCO3)cc2)c2ccc(Cc3ccc(N(c4ccc(COC5CCCCO5)cc4)c4ccc(COC5CCCCO5)cc4)cc3)cc2)ccc1COC1CCCCO1. The molecule has 10 nitrogen and oxygen atoms in total. The van der Waals surface area contributed by atoms with E-state index in [1.165, 1.54) is 11.1 Å². The van der Waals surface area contributed by atoms with E-state index in [0.29, 0.717) is 26.4 Å². The van der Waals surface area contributed by atoms with Crippen LogP contribution in [0.25, 0.3) is 0 Å². The van der Waals surface area contributed by atoms with Crippen LogP contribution >= 0.6 is 0 Å². The quantitative estimate of drug-likeness (QED) is 0.0737. The molecule has 83 heavy (non-hydrogen) atoms. The van der Waals surface area contributed by atoms with Gasteiger partial charge in [-0.25, -0.2) is 0 Å². The molecule has 6 aromatic rings. The van der Waals surface area contributed by atoms with E-state index in [2.05, 4.69) is 155 Å². The fourth-order valence-electron chi connectivity index (χ4n) is 9.75. The number of ether oxygens (including phenoxy) is 8. The van der Waals surface area contributed by atoms with Crippen molar-refractivity contribution in [2.75, 3.05) is 36.2 Å². The molecule has 10 rings (SSSR count). The Balaban J connectivity index is 0.00000116. The normalized spacial score (nSPS) is 18.1. The maximum absolute atomic E-state index is 6.12. The van der Waals surface area contributed by atoms with Crippen molar-refractivity contribution in [1.29, 1.82) is 0 Å². The Morgan fingerprint density at radius 3 is 0.614 bits per heavy atom. The fraction of sp³-hybridized carbons (Fsp3) is 0.507. The Morgan fingerprint density at radius 1 is 0.265 bits per heavy atom. The lowest BCUT2D eigenvalue weighted by Crippen LogP contribution is -2.22. The van der Waals surface area contributed by atoms with E-state index in [4.69, 9.17) is 37.9 Å². The van der Waals surface area contributed by atoms with Crippen molar-refractivity contribution in [2.24, 2.45) is 0 Å². The van der Waals surface area contributed by atoms with Crippen molar-refractivity contribution in [1.82, 2.24) is 0 Å². The van der Waals surface area contributed by atoms with Gasteiger partial charge in [-0.2, -0.15) is 0 Å². The number of benzene rings is 6. The summed E-state index contributed by atoms with van der Waals surface area (Å²) in [5.41, 5.74) is 13.4. The predicted octanol–water partition coefficient (Wildman–Crippen LogP) is 20.5. The monoisotopic (exact) mass is 1140 g/mol. The van der Waals surface area contributed by atoms with Crippen molar-refractivity contribution in [3.8, 4) is 0 Å². The van der Waals surface area contributed by atoms with Crippen molar-refractivity contribution >= 4 is 34.1 Å². The van der Waals surface area contributed by atoms with Gasteiger partial charge >= 0.3 is 0 Å². The number of anilines is 6. The minimum atomic E-state index is -0.120. The first-order chi connectivity index (χ1) is 41.1. The molecule has 0 aliphatic carbocycles. The van der Waals surface area contributed by atoms with Gasteiger partial charge in [-0.15, -0.1) is 0 Å². The lowest BCUT2D eigenvalue weighted by molar-refractivity contribution is -0.169. The molecule has 0 saturated carbocycles. The summed E-state index contributed by atoms with van der Waals surface area (Å²) in [5, 5.41) is 0. The zero-order valence-electron chi connectivity index (χ0n) is 53.2. The molecule has 4 saturated heterocycles. The highest BCUT2D eigenvalue weighted by molar-refractivity contribution is 5.78. The number of hydrogen-bond donors (Lipinski definition) is 0.